The lowest BCUT2D eigenvalue weighted by Crippen LogP contribution is -2.20. The Morgan fingerprint density at radius 1 is 1.35 bits per heavy atom. The van der Waals surface area contributed by atoms with Crippen LogP contribution in [0.1, 0.15) is 37.3 Å². The van der Waals surface area contributed by atoms with E-state index in [4.69, 9.17) is 10.5 Å². The van der Waals surface area contributed by atoms with E-state index in [1.165, 1.54) is 25.0 Å². The lowest BCUT2D eigenvalue weighted by atomic mass is 9.92. The molecule has 1 aromatic carbocycles. The molecule has 0 radical (unpaired) electrons. The number of methoxy groups -OCH3 is 1. The van der Waals surface area contributed by atoms with E-state index >= 15 is 0 Å². The second kappa shape index (κ2) is 6.22. The first-order valence-corrected chi connectivity index (χ1v) is 5.81. The summed E-state index contributed by atoms with van der Waals surface area (Å²) >= 11 is 0. The summed E-state index contributed by atoms with van der Waals surface area (Å²) in [7, 11) is 1.60. The number of rotatable bonds is 3. The van der Waals surface area contributed by atoms with Crippen molar-refractivity contribution in [3.05, 3.63) is 29.6 Å². The first-order valence-electron chi connectivity index (χ1n) is 5.81. The van der Waals surface area contributed by atoms with Crippen molar-refractivity contribution < 1.29 is 9.13 Å². The molecule has 0 aromatic heterocycles. The molecule has 0 bridgehead atoms. The number of hydrogen-bond acceptors (Lipinski definition) is 2. The van der Waals surface area contributed by atoms with Crippen molar-refractivity contribution in [3.8, 4) is 5.75 Å². The Bertz CT molecular complexity index is 366. The van der Waals surface area contributed by atoms with Crippen LogP contribution in [0.4, 0.5) is 4.39 Å². The second-order valence-electron chi connectivity index (χ2n) is 4.46. The van der Waals surface area contributed by atoms with Crippen LogP contribution in [0.5, 0.6) is 5.75 Å². The van der Waals surface area contributed by atoms with Crippen LogP contribution in [0.15, 0.2) is 18.2 Å². The average Bonchev–Trinajstić information content (AvgIpc) is 2.81. The van der Waals surface area contributed by atoms with E-state index in [0.29, 0.717) is 11.7 Å². The molecule has 0 unspecified atom stereocenters. The molecule has 0 amide bonds. The van der Waals surface area contributed by atoms with E-state index < -0.39 is 0 Å². The van der Waals surface area contributed by atoms with Crippen LogP contribution in [0.25, 0.3) is 0 Å². The summed E-state index contributed by atoms with van der Waals surface area (Å²) in [5.74, 6) is 0.917. The first-order chi connectivity index (χ1) is 7.72. The molecule has 1 aliphatic carbocycles. The van der Waals surface area contributed by atoms with Crippen molar-refractivity contribution in [1.29, 1.82) is 0 Å². The molecule has 0 aliphatic heterocycles. The van der Waals surface area contributed by atoms with Gasteiger partial charge in [-0.1, -0.05) is 12.8 Å². The Morgan fingerprint density at radius 3 is 2.59 bits per heavy atom. The molecule has 2 nitrogen and oxygen atoms in total. The highest BCUT2D eigenvalue weighted by molar-refractivity contribution is 5.85. The smallest absolute Gasteiger partial charge is 0.123 e. The number of benzene rings is 1. The van der Waals surface area contributed by atoms with Gasteiger partial charge in [-0.3, -0.25) is 0 Å². The number of ether oxygens (including phenoxy) is 1. The van der Waals surface area contributed by atoms with Crippen LogP contribution in [0.2, 0.25) is 0 Å². The topological polar surface area (TPSA) is 35.2 Å². The maximum atomic E-state index is 13.2. The second-order valence-corrected chi connectivity index (χ2v) is 4.46. The summed E-state index contributed by atoms with van der Waals surface area (Å²) in [6.07, 6.45) is 4.74. The van der Waals surface area contributed by atoms with Gasteiger partial charge >= 0.3 is 0 Å². The summed E-state index contributed by atoms with van der Waals surface area (Å²) in [4.78, 5) is 0. The van der Waals surface area contributed by atoms with Crippen LogP contribution < -0.4 is 10.5 Å². The van der Waals surface area contributed by atoms with Crippen molar-refractivity contribution in [2.24, 2.45) is 11.7 Å². The van der Waals surface area contributed by atoms with Crippen LogP contribution in [0, 0.1) is 11.7 Å². The molecule has 0 spiro atoms. The highest BCUT2D eigenvalue weighted by atomic mass is 35.5. The van der Waals surface area contributed by atoms with Crippen molar-refractivity contribution in [2.75, 3.05) is 7.11 Å². The van der Waals surface area contributed by atoms with E-state index in [9.17, 15) is 4.39 Å². The Kier molecular flexibility index (Phi) is 5.22. The molecule has 1 atom stereocenters. The largest absolute Gasteiger partial charge is 0.496 e. The Hall–Kier alpha value is -0.800. The molecule has 0 saturated heterocycles. The zero-order chi connectivity index (χ0) is 11.5. The van der Waals surface area contributed by atoms with Gasteiger partial charge in [0.15, 0.2) is 0 Å². The quantitative estimate of drug-likeness (QED) is 0.902. The molecule has 1 aromatic rings. The van der Waals surface area contributed by atoms with E-state index in [1.807, 2.05) is 0 Å². The van der Waals surface area contributed by atoms with Gasteiger partial charge in [0.25, 0.3) is 0 Å². The molecule has 1 aliphatic rings. The average molecular weight is 260 g/mol. The molecular weight excluding hydrogens is 241 g/mol. The van der Waals surface area contributed by atoms with Gasteiger partial charge in [0, 0.05) is 11.6 Å². The highest BCUT2D eigenvalue weighted by Gasteiger charge is 2.25. The lowest BCUT2D eigenvalue weighted by Gasteiger charge is -2.21. The van der Waals surface area contributed by atoms with Crippen LogP contribution in [-0.2, 0) is 0 Å². The van der Waals surface area contributed by atoms with Crippen molar-refractivity contribution in [3.63, 3.8) is 0 Å². The van der Waals surface area contributed by atoms with Crippen LogP contribution in [-0.4, -0.2) is 7.11 Å². The Labute approximate surface area is 108 Å². The van der Waals surface area contributed by atoms with Gasteiger partial charge in [-0.2, -0.15) is 0 Å². The molecule has 4 heteroatoms. The fraction of sp³-hybridized carbons (Fsp3) is 0.538. The van der Waals surface area contributed by atoms with Crippen LogP contribution in [0.3, 0.4) is 0 Å². The number of halogens is 2. The van der Waals surface area contributed by atoms with Gasteiger partial charge in [0.1, 0.15) is 11.6 Å². The van der Waals surface area contributed by atoms with E-state index in [0.717, 1.165) is 18.4 Å². The van der Waals surface area contributed by atoms with Gasteiger partial charge in [0.05, 0.1) is 7.11 Å². The third kappa shape index (κ3) is 3.11. The zero-order valence-corrected chi connectivity index (χ0v) is 10.8. The predicted molar refractivity (Wildman–Crippen MR) is 69.1 cm³/mol. The SMILES string of the molecule is COc1ccc(F)cc1[C@@H](N)C1CCCC1.Cl. The maximum absolute atomic E-state index is 13.2. The van der Waals surface area contributed by atoms with Crippen molar-refractivity contribution in [1.82, 2.24) is 0 Å². The summed E-state index contributed by atoms with van der Waals surface area (Å²) in [6.45, 7) is 0. The third-order valence-corrected chi connectivity index (χ3v) is 3.46. The summed E-state index contributed by atoms with van der Waals surface area (Å²) < 4.78 is 18.5. The van der Waals surface area contributed by atoms with E-state index in [2.05, 4.69) is 0 Å². The molecule has 2 rings (SSSR count). The molecule has 96 valence electrons. The molecule has 1 fully saturated rings. The molecule has 2 N–H and O–H groups in total. The fourth-order valence-corrected chi connectivity index (χ4v) is 2.54. The lowest BCUT2D eigenvalue weighted by molar-refractivity contribution is 0.383. The Morgan fingerprint density at radius 2 is 2.00 bits per heavy atom. The van der Waals surface area contributed by atoms with Crippen molar-refractivity contribution in [2.45, 2.75) is 31.7 Å². The predicted octanol–water partition coefficient (Wildman–Crippen LogP) is 3.45. The van der Waals surface area contributed by atoms with Gasteiger partial charge in [-0.15, -0.1) is 12.4 Å². The summed E-state index contributed by atoms with van der Waals surface area (Å²) in [5.41, 5.74) is 7.00. The van der Waals surface area contributed by atoms with Gasteiger partial charge < -0.3 is 10.5 Å². The minimum absolute atomic E-state index is 0. The van der Waals surface area contributed by atoms with Crippen LogP contribution >= 0.6 is 12.4 Å². The fourth-order valence-electron chi connectivity index (χ4n) is 2.54. The minimum Gasteiger partial charge on any atom is -0.496 e. The van der Waals surface area contributed by atoms with E-state index in [1.54, 1.807) is 13.2 Å². The first kappa shape index (κ1) is 14.3. The Balaban J connectivity index is 0.00000144. The highest BCUT2D eigenvalue weighted by Crippen LogP contribution is 2.37. The third-order valence-electron chi connectivity index (χ3n) is 3.46. The molecule has 0 heterocycles. The number of hydrogen-bond donors (Lipinski definition) is 1. The summed E-state index contributed by atoms with van der Waals surface area (Å²) in [6, 6.07) is 4.46. The van der Waals surface area contributed by atoms with E-state index in [-0.39, 0.29) is 24.3 Å². The zero-order valence-electron chi connectivity index (χ0n) is 9.99. The normalized spacial score (nSPS) is 17.6. The van der Waals surface area contributed by atoms with Gasteiger partial charge in [-0.25, -0.2) is 4.39 Å². The standard InChI is InChI=1S/C13H18FNO.ClH/c1-16-12-7-6-10(14)8-11(12)13(15)9-4-2-3-5-9;/h6-9,13H,2-5,15H2,1H3;1H/t13-;/m0./s1. The molecule has 17 heavy (non-hydrogen) atoms. The van der Waals surface area contributed by atoms with Crippen molar-refractivity contribution >= 4 is 12.4 Å². The molecular formula is C13H19ClFNO. The van der Waals surface area contributed by atoms with Gasteiger partial charge in [0.2, 0.25) is 0 Å². The minimum atomic E-state index is -0.246. The summed E-state index contributed by atoms with van der Waals surface area (Å²) in [5, 5.41) is 0. The maximum Gasteiger partial charge on any atom is 0.123 e. The molecule has 1 saturated carbocycles. The monoisotopic (exact) mass is 259 g/mol. The number of nitrogens with two attached hydrogens (primary N) is 1. The van der Waals surface area contributed by atoms with Gasteiger partial charge in [-0.05, 0) is 37.0 Å².